The summed E-state index contributed by atoms with van der Waals surface area (Å²) in [7, 11) is -3.12. The van der Waals surface area contributed by atoms with E-state index in [-0.39, 0.29) is 17.5 Å². The van der Waals surface area contributed by atoms with E-state index in [2.05, 4.69) is 11.5 Å². The van der Waals surface area contributed by atoms with Crippen molar-refractivity contribution in [1.82, 2.24) is 4.90 Å². The van der Waals surface area contributed by atoms with Crippen LogP contribution in [0.4, 0.5) is 0 Å². The molecule has 2 saturated heterocycles. The van der Waals surface area contributed by atoms with Crippen LogP contribution in [-0.4, -0.2) is 63.6 Å². The monoisotopic (exact) mass is 275 g/mol. The van der Waals surface area contributed by atoms with Gasteiger partial charge in [0.05, 0.1) is 18.5 Å². The summed E-state index contributed by atoms with van der Waals surface area (Å²) >= 11 is 0. The maximum Gasteiger partial charge on any atom is 0.172 e. The van der Waals surface area contributed by atoms with Crippen LogP contribution < -0.4 is 0 Å². The van der Waals surface area contributed by atoms with Gasteiger partial charge in [-0.1, -0.05) is 6.58 Å². The maximum absolute atomic E-state index is 11.4. The average molecular weight is 275 g/mol. The molecule has 0 aromatic heterocycles. The summed E-state index contributed by atoms with van der Waals surface area (Å²) in [6.07, 6.45) is 0.968. The summed E-state index contributed by atoms with van der Waals surface area (Å²) in [5.41, 5.74) is -0.240. The molecule has 0 aliphatic carbocycles. The number of rotatable bonds is 4. The van der Waals surface area contributed by atoms with Crippen molar-refractivity contribution >= 4 is 9.84 Å². The van der Waals surface area contributed by atoms with E-state index in [4.69, 9.17) is 9.47 Å². The summed E-state index contributed by atoms with van der Waals surface area (Å²) in [5.74, 6) is 0.127. The summed E-state index contributed by atoms with van der Waals surface area (Å²) in [4.78, 5) is 2.15. The van der Waals surface area contributed by atoms with Crippen LogP contribution in [0.2, 0.25) is 0 Å². The molecule has 0 bridgehead atoms. The second-order valence-corrected chi connectivity index (χ2v) is 7.05. The number of sulfone groups is 1. The van der Waals surface area contributed by atoms with E-state index in [0.717, 1.165) is 31.5 Å². The van der Waals surface area contributed by atoms with Crippen LogP contribution in [0.1, 0.15) is 13.3 Å². The molecule has 0 saturated carbocycles. The van der Waals surface area contributed by atoms with Gasteiger partial charge in [0.1, 0.15) is 5.60 Å². The first kappa shape index (κ1) is 14.0. The van der Waals surface area contributed by atoms with Gasteiger partial charge in [0.15, 0.2) is 9.84 Å². The first-order chi connectivity index (χ1) is 8.47. The highest BCUT2D eigenvalue weighted by Crippen LogP contribution is 2.32. The summed E-state index contributed by atoms with van der Waals surface area (Å²) < 4.78 is 34.3. The highest BCUT2D eigenvalue weighted by Gasteiger charge is 2.45. The van der Waals surface area contributed by atoms with Gasteiger partial charge in [0.2, 0.25) is 0 Å². The zero-order chi connectivity index (χ0) is 13.2. The third-order valence-corrected chi connectivity index (χ3v) is 5.13. The fourth-order valence-electron chi connectivity index (χ4n) is 2.57. The topological polar surface area (TPSA) is 55.8 Å². The molecular formula is C12H21NO4S. The minimum Gasteiger partial charge on any atom is -0.375 e. The highest BCUT2D eigenvalue weighted by atomic mass is 32.2. The second-order valence-electron chi connectivity index (χ2n) is 4.99. The van der Waals surface area contributed by atoms with Crippen molar-refractivity contribution < 1.29 is 17.9 Å². The van der Waals surface area contributed by atoms with Crippen molar-refractivity contribution in [1.29, 1.82) is 0 Å². The fraction of sp³-hybridized carbons (Fsp3) is 0.833. The third-order valence-electron chi connectivity index (χ3n) is 3.87. The van der Waals surface area contributed by atoms with Gasteiger partial charge in [-0.3, -0.25) is 4.90 Å². The minimum atomic E-state index is -3.12. The van der Waals surface area contributed by atoms with Crippen LogP contribution >= 0.6 is 0 Å². The molecule has 0 aromatic rings. The van der Waals surface area contributed by atoms with E-state index in [0.29, 0.717) is 13.2 Å². The molecule has 0 radical (unpaired) electrons. The standard InChI is InChI=1S/C12H21NO4S/c1-3-18(14,15)9-6-13-5-8-17-12(10-13)4-7-16-11(12)2/h3,11H,1,4-10H2,2H3. The Hall–Kier alpha value is -0.430. The lowest BCUT2D eigenvalue weighted by molar-refractivity contribution is -0.134. The number of hydrogen-bond donors (Lipinski definition) is 0. The van der Waals surface area contributed by atoms with Crippen molar-refractivity contribution in [3.63, 3.8) is 0 Å². The average Bonchev–Trinajstić information content (AvgIpc) is 2.69. The van der Waals surface area contributed by atoms with Crippen molar-refractivity contribution in [2.75, 3.05) is 38.6 Å². The molecule has 2 rings (SSSR count). The van der Waals surface area contributed by atoms with Crippen LogP contribution in [-0.2, 0) is 19.3 Å². The van der Waals surface area contributed by atoms with E-state index >= 15 is 0 Å². The molecule has 2 fully saturated rings. The van der Waals surface area contributed by atoms with Crippen LogP contribution in [0.3, 0.4) is 0 Å². The smallest absolute Gasteiger partial charge is 0.172 e. The van der Waals surface area contributed by atoms with E-state index in [1.54, 1.807) is 0 Å². The molecule has 2 atom stereocenters. The fourth-order valence-corrected chi connectivity index (χ4v) is 3.25. The Morgan fingerprint density at radius 1 is 1.50 bits per heavy atom. The molecule has 2 unspecified atom stereocenters. The Kier molecular flexibility index (Phi) is 4.11. The molecule has 0 N–H and O–H groups in total. The van der Waals surface area contributed by atoms with Crippen molar-refractivity contribution in [3.05, 3.63) is 12.0 Å². The van der Waals surface area contributed by atoms with Crippen molar-refractivity contribution in [2.24, 2.45) is 0 Å². The predicted molar refractivity (Wildman–Crippen MR) is 69.1 cm³/mol. The third kappa shape index (κ3) is 2.93. The number of ether oxygens (including phenoxy) is 2. The van der Waals surface area contributed by atoms with Gasteiger partial charge in [0.25, 0.3) is 0 Å². The molecule has 0 amide bonds. The number of morpholine rings is 1. The number of nitrogens with zero attached hydrogens (tertiary/aromatic N) is 1. The van der Waals surface area contributed by atoms with Gasteiger partial charge in [-0.05, 0) is 6.92 Å². The molecule has 1 spiro atoms. The molecular weight excluding hydrogens is 254 g/mol. The van der Waals surface area contributed by atoms with Crippen LogP contribution in [0.15, 0.2) is 12.0 Å². The van der Waals surface area contributed by atoms with Gasteiger partial charge in [0, 0.05) is 38.1 Å². The zero-order valence-corrected chi connectivity index (χ0v) is 11.6. The van der Waals surface area contributed by atoms with E-state index in [9.17, 15) is 8.42 Å². The van der Waals surface area contributed by atoms with Crippen molar-refractivity contribution in [2.45, 2.75) is 25.0 Å². The first-order valence-corrected chi connectivity index (χ1v) is 8.02. The second kappa shape index (κ2) is 5.28. The Balaban J connectivity index is 1.93. The molecule has 2 aliphatic heterocycles. The highest BCUT2D eigenvalue weighted by molar-refractivity contribution is 7.94. The number of hydrogen-bond acceptors (Lipinski definition) is 5. The quantitative estimate of drug-likeness (QED) is 0.744. The summed E-state index contributed by atoms with van der Waals surface area (Å²) in [5, 5.41) is 1.03. The van der Waals surface area contributed by atoms with E-state index in [1.165, 1.54) is 0 Å². The molecule has 0 aromatic carbocycles. The van der Waals surface area contributed by atoms with Crippen LogP contribution in [0.25, 0.3) is 0 Å². The summed E-state index contributed by atoms with van der Waals surface area (Å²) in [6, 6.07) is 0. The predicted octanol–water partition coefficient (Wildman–Crippen LogP) is 0.425. The molecule has 2 heterocycles. The molecule has 104 valence electrons. The van der Waals surface area contributed by atoms with Crippen molar-refractivity contribution in [3.8, 4) is 0 Å². The van der Waals surface area contributed by atoms with Crippen LogP contribution in [0.5, 0.6) is 0 Å². The van der Waals surface area contributed by atoms with Gasteiger partial charge in [-0.15, -0.1) is 0 Å². The Labute approximate surface area is 109 Å². The Morgan fingerprint density at radius 2 is 2.28 bits per heavy atom. The SMILES string of the molecule is C=CS(=O)(=O)CCN1CCOC2(CCOC2C)C1. The van der Waals surface area contributed by atoms with Gasteiger partial charge >= 0.3 is 0 Å². The van der Waals surface area contributed by atoms with Gasteiger partial charge < -0.3 is 9.47 Å². The minimum absolute atomic E-state index is 0.0799. The summed E-state index contributed by atoms with van der Waals surface area (Å²) in [6.45, 7) is 8.78. The van der Waals surface area contributed by atoms with E-state index < -0.39 is 9.84 Å². The van der Waals surface area contributed by atoms with Gasteiger partial charge in [-0.2, -0.15) is 0 Å². The van der Waals surface area contributed by atoms with Crippen LogP contribution in [0, 0.1) is 0 Å². The Morgan fingerprint density at radius 3 is 2.89 bits per heavy atom. The maximum atomic E-state index is 11.4. The molecule has 5 nitrogen and oxygen atoms in total. The lowest BCUT2D eigenvalue weighted by Crippen LogP contribution is -2.56. The lowest BCUT2D eigenvalue weighted by Gasteiger charge is -2.42. The molecule has 2 aliphatic rings. The van der Waals surface area contributed by atoms with Gasteiger partial charge in [-0.25, -0.2) is 8.42 Å². The largest absolute Gasteiger partial charge is 0.375 e. The zero-order valence-electron chi connectivity index (χ0n) is 10.8. The normalized spacial score (nSPS) is 33.9. The lowest BCUT2D eigenvalue weighted by atomic mass is 9.94. The molecule has 6 heteroatoms. The molecule has 18 heavy (non-hydrogen) atoms. The Bertz CT molecular complexity index is 408. The van der Waals surface area contributed by atoms with E-state index in [1.807, 2.05) is 6.92 Å². The first-order valence-electron chi connectivity index (χ1n) is 6.30.